The zero-order chi connectivity index (χ0) is 20.4. The minimum atomic E-state index is -0.261. The fourth-order valence-corrected chi connectivity index (χ4v) is 3.78. The molecule has 0 aliphatic carbocycles. The van der Waals surface area contributed by atoms with E-state index in [9.17, 15) is 9.90 Å². The van der Waals surface area contributed by atoms with E-state index >= 15 is 0 Å². The Hall–Kier alpha value is -3.32. The van der Waals surface area contributed by atoms with E-state index in [1.165, 1.54) is 0 Å². The molecule has 0 saturated carbocycles. The molecule has 1 amide bonds. The molecular weight excluding hydrogens is 370 g/mol. The van der Waals surface area contributed by atoms with Crippen molar-refractivity contribution in [3.8, 4) is 22.8 Å². The van der Waals surface area contributed by atoms with Crippen molar-refractivity contribution in [3.05, 3.63) is 65.4 Å². The van der Waals surface area contributed by atoms with Gasteiger partial charge in [0.05, 0.1) is 18.8 Å². The number of phenolic OH excluding ortho intramolecular Hbond substituents is 1. The Morgan fingerprint density at radius 1 is 1.10 bits per heavy atom. The van der Waals surface area contributed by atoms with Crippen LogP contribution >= 0.6 is 0 Å². The van der Waals surface area contributed by atoms with Crippen LogP contribution in [0.15, 0.2) is 48.5 Å². The third-order valence-electron chi connectivity index (χ3n) is 5.18. The number of nitrogens with one attached hydrogen (secondary N) is 1. The van der Waals surface area contributed by atoms with Crippen LogP contribution in [0.4, 0.5) is 0 Å². The molecule has 1 aliphatic rings. The van der Waals surface area contributed by atoms with Gasteiger partial charge in [-0.15, -0.1) is 0 Å². The Bertz CT molecular complexity index is 996. The first-order valence-corrected chi connectivity index (χ1v) is 9.45. The average Bonchev–Trinajstić information content (AvgIpc) is 3.28. The van der Waals surface area contributed by atoms with Crippen LogP contribution in [0.25, 0.3) is 11.3 Å². The molecule has 3 aromatic rings. The van der Waals surface area contributed by atoms with Crippen molar-refractivity contribution in [2.45, 2.75) is 12.5 Å². The van der Waals surface area contributed by atoms with Crippen LogP contribution in [-0.2, 0) is 4.74 Å². The number of H-pyrrole nitrogens is 1. The van der Waals surface area contributed by atoms with Gasteiger partial charge in [0.1, 0.15) is 17.2 Å². The number of rotatable bonds is 7. The van der Waals surface area contributed by atoms with Crippen molar-refractivity contribution in [1.29, 1.82) is 0 Å². The molecule has 0 saturated heterocycles. The molecule has 1 unspecified atom stereocenters. The van der Waals surface area contributed by atoms with E-state index in [0.717, 1.165) is 28.9 Å². The number of hydrogen-bond acceptors (Lipinski definition) is 5. The summed E-state index contributed by atoms with van der Waals surface area (Å²) in [6.45, 7) is 1.15. The highest BCUT2D eigenvalue weighted by Crippen LogP contribution is 2.43. The SMILES string of the molecule is COCCCN1C(=O)c2[nH]nc(-c3ccc(O)cc3)c2C1c1ccc(OC)cc1. The van der Waals surface area contributed by atoms with E-state index in [2.05, 4.69) is 10.2 Å². The van der Waals surface area contributed by atoms with Crippen LogP contribution in [0.5, 0.6) is 11.5 Å². The first-order valence-electron chi connectivity index (χ1n) is 9.45. The van der Waals surface area contributed by atoms with E-state index in [0.29, 0.717) is 24.5 Å². The Kier molecular flexibility index (Phi) is 5.22. The number of aromatic nitrogens is 2. The second kappa shape index (κ2) is 7.97. The monoisotopic (exact) mass is 393 g/mol. The summed E-state index contributed by atoms with van der Waals surface area (Å²) in [7, 11) is 3.28. The Morgan fingerprint density at radius 2 is 1.83 bits per heavy atom. The number of fused-ring (bicyclic) bond motifs is 1. The van der Waals surface area contributed by atoms with Gasteiger partial charge in [0.2, 0.25) is 0 Å². The van der Waals surface area contributed by atoms with Crippen LogP contribution in [0.3, 0.4) is 0 Å². The normalized spacial score (nSPS) is 15.6. The van der Waals surface area contributed by atoms with Crippen LogP contribution < -0.4 is 4.74 Å². The summed E-state index contributed by atoms with van der Waals surface area (Å²) >= 11 is 0. The highest BCUT2D eigenvalue weighted by atomic mass is 16.5. The number of phenols is 1. The predicted octanol–water partition coefficient (Wildman–Crippen LogP) is 3.37. The smallest absolute Gasteiger partial charge is 0.273 e. The zero-order valence-corrected chi connectivity index (χ0v) is 16.4. The lowest BCUT2D eigenvalue weighted by molar-refractivity contribution is 0.0723. The number of amides is 1. The Morgan fingerprint density at radius 3 is 2.48 bits per heavy atom. The van der Waals surface area contributed by atoms with Gasteiger partial charge in [-0.1, -0.05) is 12.1 Å². The number of benzene rings is 2. The Labute approximate surface area is 168 Å². The highest BCUT2D eigenvalue weighted by Gasteiger charge is 2.41. The van der Waals surface area contributed by atoms with Crippen molar-refractivity contribution in [1.82, 2.24) is 15.1 Å². The lowest BCUT2D eigenvalue weighted by atomic mass is 9.96. The minimum Gasteiger partial charge on any atom is -0.508 e. The third-order valence-corrected chi connectivity index (χ3v) is 5.18. The Balaban J connectivity index is 1.79. The lowest BCUT2D eigenvalue weighted by Gasteiger charge is -2.26. The molecule has 1 atom stereocenters. The molecule has 1 aliphatic heterocycles. The van der Waals surface area contributed by atoms with Gasteiger partial charge in [-0.3, -0.25) is 9.89 Å². The quantitative estimate of drug-likeness (QED) is 0.601. The molecule has 2 aromatic carbocycles. The van der Waals surface area contributed by atoms with Gasteiger partial charge in [-0.2, -0.15) is 5.10 Å². The summed E-state index contributed by atoms with van der Waals surface area (Å²) in [5.74, 6) is 0.870. The van der Waals surface area contributed by atoms with Gasteiger partial charge in [0.15, 0.2) is 0 Å². The molecule has 0 fully saturated rings. The molecule has 0 spiro atoms. The van der Waals surface area contributed by atoms with Gasteiger partial charge in [-0.05, 0) is 48.4 Å². The van der Waals surface area contributed by atoms with Crippen molar-refractivity contribution in [3.63, 3.8) is 0 Å². The van der Waals surface area contributed by atoms with Gasteiger partial charge in [0.25, 0.3) is 5.91 Å². The number of nitrogens with zero attached hydrogens (tertiary/aromatic N) is 2. The van der Waals surface area contributed by atoms with Crippen molar-refractivity contribution in [2.75, 3.05) is 27.4 Å². The summed E-state index contributed by atoms with van der Waals surface area (Å²) in [6.07, 6.45) is 0.737. The molecule has 4 rings (SSSR count). The van der Waals surface area contributed by atoms with E-state index in [1.807, 2.05) is 29.2 Å². The lowest BCUT2D eigenvalue weighted by Crippen LogP contribution is -2.31. The van der Waals surface area contributed by atoms with Gasteiger partial charge >= 0.3 is 0 Å². The molecule has 2 heterocycles. The second-order valence-corrected chi connectivity index (χ2v) is 6.93. The highest BCUT2D eigenvalue weighted by molar-refractivity contribution is 6.00. The van der Waals surface area contributed by atoms with E-state index in [1.54, 1.807) is 38.5 Å². The third kappa shape index (κ3) is 3.45. The fourth-order valence-electron chi connectivity index (χ4n) is 3.78. The van der Waals surface area contributed by atoms with Crippen molar-refractivity contribution < 1.29 is 19.4 Å². The van der Waals surface area contributed by atoms with E-state index in [4.69, 9.17) is 9.47 Å². The van der Waals surface area contributed by atoms with Gasteiger partial charge < -0.3 is 19.5 Å². The van der Waals surface area contributed by atoms with Crippen LogP contribution in [0, 0.1) is 0 Å². The number of methoxy groups -OCH3 is 2. The molecule has 2 N–H and O–H groups in total. The number of carbonyl (C=O) groups excluding carboxylic acids is 1. The van der Waals surface area contributed by atoms with E-state index in [-0.39, 0.29) is 17.7 Å². The van der Waals surface area contributed by atoms with Crippen molar-refractivity contribution in [2.24, 2.45) is 0 Å². The molecule has 0 radical (unpaired) electrons. The summed E-state index contributed by atoms with van der Waals surface area (Å²) in [4.78, 5) is 15.0. The number of ether oxygens (including phenoxy) is 2. The minimum absolute atomic E-state index is 0.0746. The maximum Gasteiger partial charge on any atom is 0.273 e. The molecule has 150 valence electrons. The van der Waals surface area contributed by atoms with Crippen LogP contribution in [0.1, 0.15) is 34.1 Å². The number of aromatic amines is 1. The summed E-state index contributed by atoms with van der Waals surface area (Å²) in [6, 6.07) is 14.3. The number of hydrogen-bond donors (Lipinski definition) is 2. The number of aromatic hydroxyl groups is 1. The fraction of sp³-hybridized carbons (Fsp3) is 0.273. The largest absolute Gasteiger partial charge is 0.508 e. The predicted molar refractivity (Wildman–Crippen MR) is 108 cm³/mol. The molecule has 29 heavy (non-hydrogen) atoms. The summed E-state index contributed by atoms with van der Waals surface area (Å²) in [5, 5.41) is 17.0. The maximum absolute atomic E-state index is 13.1. The van der Waals surface area contributed by atoms with Gasteiger partial charge in [-0.25, -0.2) is 0 Å². The van der Waals surface area contributed by atoms with Gasteiger partial charge in [0, 0.05) is 31.4 Å². The molecule has 7 nitrogen and oxygen atoms in total. The second-order valence-electron chi connectivity index (χ2n) is 6.93. The molecule has 7 heteroatoms. The molecular formula is C22H23N3O4. The first kappa shape index (κ1) is 19.0. The maximum atomic E-state index is 13.1. The first-order chi connectivity index (χ1) is 14.1. The van der Waals surface area contributed by atoms with E-state index < -0.39 is 0 Å². The topological polar surface area (TPSA) is 87.7 Å². The molecule has 0 bridgehead atoms. The molecule has 1 aromatic heterocycles. The van der Waals surface area contributed by atoms with Crippen LogP contribution in [-0.4, -0.2) is 53.5 Å². The zero-order valence-electron chi connectivity index (χ0n) is 16.4. The van der Waals surface area contributed by atoms with Crippen molar-refractivity contribution >= 4 is 5.91 Å². The summed E-state index contributed by atoms with van der Waals surface area (Å²) < 4.78 is 10.5. The summed E-state index contributed by atoms with van der Waals surface area (Å²) in [5.41, 5.74) is 3.89. The van der Waals surface area contributed by atoms with Crippen LogP contribution in [0.2, 0.25) is 0 Å². The standard InChI is InChI=1S/C22H23N3O4/c1-28-13-3-12-25-21(15-6-10-17(29-2)11-7-15)18-19(23-24-20(18)22(25)27)14-4-8-16(26)9-5-14/h4-11,21,26H,3,12-13H2,1-2H3,(H,23,24). The average molecular weight is 393 g/mol. The number of carbonyl (C=O) groups is 1.